The molecule has 1 amide bonds. The van der Waals surface area contributed by atoms with Crippen LogP contribution in [0.4, 0.5) is 5.69 Å². The zero-order valence-corrected chi connectivity index (χ0v) is 15.0. The van der Waals surface area contributed by atoms with E-state index in [0.29, 0.717) is 23.7 Å². The van der Waals surface area contributed by atoms with Crippen LogP contribution in [-0.2, 0) is 10.0 Å². The molecule has 6 nitrogen and oxygen atoms in total. The van der Waals surface area contributed by atoms with Gasteiger partial charge in [0.25, 0.3) is 5.91 Å². The molecule has 1 aromatic rings. The number of aryl methyl sites for hydroxylation is 1. The highest BCUT2D eigenvalue weighted by atomic mass is 35.5. The van der Waals surface area contributed by atoms with Crippen LogP contribution in [0.25, 0.3) is 0 Å². The summed E-state index contributed by atoms with van der Waals surface area (Å²) < 4.78 is 25.1. The molecule has 1 unspecified atom stereocenters. The van der Waals surface area contributed by atoms with E-state index in [1.165, 1.54) is 0 Å². The molecular weight excluding hydrogens is 338 g/mol. The first-order chi connectivity index (χ1) is 10.3. The molecule has 1 aromatic carbocycles. The van der Waals surface area contributed by atoms with Crippen molar-refractivity contribution in [3.63, 3.8) is 0 Å². The molecule has 130 valence electrons. The van der Waals surface area contributed by atoms with Crippen molar-refractivity contribution in [1.82, 2.24) is 10.6 Å². The molecule has 0 aliphatic carbocycles. The quantitative estimate of drug-likeness (QED) is 0.716. The zero-order chi connectivity index (χ0) is 16.2. The molecule has 0 saturated carbocycles. The highest BCUT2D eigenvalue weighted by molar-refractivity contribution is 7.92. The van der Waals surface area contributed by atoms with E-state index in [-0.39, 0.29) is 18.3 Å². The largest absolute Gasteiger partial charge is 0.352 e. The van der Waals surface area contributed by atoms with E-state index in [2.05, 4.69) is 15.4 Å². The number of halogens is 1. The van der Waals surface area contributed by atoms with Gasteiger partial charge in [-0.15, -0.1) is 12.4 Å². The first kappa shape index (κ1) is 19.7. The molecule has 1 atom stereocenters. The number of carbonyl (C=O) groups excluding carboxylic acids is 1. The summed E-state index contributed by atoms with van der Waals surface area (Å²) in [6, 6.07) is 5.02. The topological polar surface area (TPSA) is 87.3 Å². The van der Waals surface area contributed by atoms with E-state index in [4.69, 9.17) is 0 Å². The van der Waals surface area contributed by atoms with Gasteiger partial charge in [-0.2, -0.15) is 0 Å². The van der Waals surface area contributed by atoms with Crippen LogP contribution >= 0.6 is 12.4 Å². The lowest BCUT2D eigenvalue weighted by molar-refractivity contribution is 0.0951. The summed E-state index contributed by atoms with van der Waals surface area (Å²) >= 11 is 0. The molecular formula is C15H24ClN3O3S. The lowest BCUT2D eigenvalue weighted by atomic mass is 10.1. The molecule has 0 spiro atoms. The number of hydrogen-bond acceptors (Lipinski definition) is 4. The third kappa shape index (κ3) is 6.37. The fourth-order valence-electron chi connectivity index (χ4n) is 2.53. The van der Waals surface area contributed by atoms with Crippen LogP contribution < -0.4 is 15.4 Å². The Bertz CT molecular complexity index is 643. The predicted molar refractivity (Wildman–Crippen MR) is 94.8 cm³/mol. The van der Waals surface area contributed by atoms with Gasteiger partial charge in [0.1, 0.15) is 0 Å². The van der Waals surface area contributed by atoms with Gasteiger partial charge in [0.2, 0.25) is 10.0 Å². The van der Waals surface area contributed by atoms with Crippen LogP contribution in [-0.4, -0.2) is 40.2 Å². The van der Waals surface area contributed by atoms with E-state index in [9.17, 15) is 13.2 Å². The minimum Gasteiger partial charge on any atom is -0.352 e. The van der Waals surface area contributed by atoms with E-state index in [0.717, 1.165) is 37.8 Å². The summed E-state index contributed by atoms with van der Waals surface area (Å²) in [4.78, 5) is 12.1. The van der Waals surface area contributed by atoms with Crippen LogP contribution in [0.15, 0.2) is 18.2 Å². The third-order valence-electron chi connectivity index (χ3n) is 3.80. The van der Waals surface area contributed by atoms with E-state index < -0.39 is 10.0 Å². The summed E-state index contributed by atoms with van der Waals surface area (Å²) in [5.74, 6) is 0.447. The smallest absolute Gasteiger partial charge is 0.251 e. The number of carbonyl (C=O) groups is 1. The van der Waals surface area contributed by atoms with Crippen molar-refractivity contribution in [2.24, 2.45) is 5.92 Å². The Labute approximate surface area is 143 Å². The van der Waals surface area contributed by atoms with Crippen LogP contribution in [0.2, 0.25) is 0 Å². The van der Waals surface area contributed by atoms with Crippen molar-refractivity contribution in [2.45, 2.75) is 19.8 Å². The number of rotatable bonds is 6. The average Bonchev–Trinajstić information content (AvgIpc) is 2.93. The standard InChI is InChI=1S/C15H23N3O3S.ClH/c1-11-3-4-13(9-14(11)18-22(2,20)21)15(19)17-8-6-12-5-7-16-10-12;/h3-4,9,12,16,18H,5-8,10H2,1-2H3,(H,17,19);1H. The molecule has 8 heteroatoms. The Balaban J connectivity index is 0.00000264. The molecule has 1 aliphatic heterocycles. The second-order valence-corrected chi connectivity index (χ2v) is 7.56. The number of amides is 1. The Hall–Kier alpha value is -1.31. The zero-order valence-electron chi connectivity index (χ0n) is 13.4. The molecule has 0 bridgehead atoms. The van der Waals surface area contributed by atoms with Crippen molar-refractivity contribution in [2.75, 3.05) is 30.6 Å². The number of anilines is 1. The SMILES string of the molecule is Cc1ccc(C(=O)NCCC2CCNC2)cc1NS(C)(=O)=O.Cl. The van der Waals surface area contributed by atoms with Gasteiger partial charge in [-0.05, 0) is 56.5 Å². The molecule has 2 rings (SSSR count). The number of nitrogens with one attached hydrogen (secondary N) is 3. The Morgan fingerprint density at radius 2 is 2.13 bits per heavy atom. The molecule has 0 aromatic heterocycles. The van der Waals surface area contributed by atoms with Gasteiger partial charge in [-0.25, -0.2) is 8.42 Å². The van der Waals surface area contributed by atoms with Gasteiger partial charge in [0.05, 0.1) is 11.9 Å². The first-order valence-corrected chi connectivity index (χ1v) is 9.31. The van der Waals surface area contributed by atoms with Crippen LogP contribution in [0.5, 0.6) is 0 Å². The van der Waals surface area contributed by atoms with Crippen molar-refractivity contribution < 1.29 is 13.2 Å². The summed E-state index contributed by atoms with van der Waals surface area (Å²) in [6.07, 6.45) is 3.21. The molecule has 23 heavy (non-hydrogen) atoms. The predicted octanol–water partition coefficient (Wildman–Crippen LogP) is 1.52. The highest BCUT2D eigenvalue weighted by Crippen LogP contribution is 2.18. The molecule has 3 N–H and O–H groups in total. The number of hydrogen-bond donors (Lipinski definition) is 3. The lowest BCUT2D eigenvalue weighted by Gasteiger charge is -2.12. The summed E-state index contributed by atoms with van der Waals surface area (Å²) in [6.45, 7) is 4.50. The van der Waals surface area contributed by atoms with Gasteiger partial charge in [0.15, 0.2) is 0 Å². The van der Waals surface area contributed by atoms with Crippen molar-refractivity contribution in [1.29, 1.82) is 0 Å². The van der Waals surface area contributed by atoms with E-state index in [1.54, 1.807) is 25.1 Å². The first-order valence-electron chi connectivity index (χ1n) is 7.42. The van der Waals surface area contributed by atoms with Crippen LogP contribution in [0.3, 0.4) is 0 Å². The normalized spacial score (nSPS) is 17.4. The molecule has 1 saturated heterocycles. The van der Waals surface area contributed by atoms with Crippen LogP contribution in [0.1, 0.15) is 28.8 Å². The maximum Gasteiger partial charge on any atom is 0.251 e. The number of sulfonamides is 1. The Morgan fingerprint density at radius 3 is 2.74 bits per heavy atom. The number of benzene rings is 1. The van der Waals surface area contributed by atoms with Gasteiger partial charge in [-0.1, -0.05) is 6.07 Å². The van der Waals surface area contributed by atoms with Crippen molar-refractivity contribution in [3.05, 3.63) is 29.3 Å². The second-order valence-electron chi connectivity index (χ2n) is 5.81. The summed E-state index contributed by atoms with van der Waals surface area (Å²) in [5.41, 5.74) is 1.68. The van der Waals surface area contributed by atoms with Crippen molar-refractivity contribution >= 4 is 34.0 Å². The van der Waals surface area contributed by atoms with Gasteiger partial charge < -0.3 is 10.6 Å². The summed E-state index contributed by atoms with van der Waals surface area (Å²) in [5, 5.41) is 6.19. The molecule has 1 fully saturated rings. The van der Waals surface area contributed by atoms with Gasteiger partial charge in [0, 0.05) is 12.1 Å². The highest BCUT2D eigenvalue weighted by Gasteiger charge is 2.15. The van der Waals surface area contributed by atoms with Crippen LogP contribution in [0, 0.1) is 12.8 Å². The Kier molecular flexibility index (Phi) is 7.31. The fourth-order valence-corrected chi connectivity index (χ4v) is 3.15. The second kappa shape index (κ2) is 8.52. The monoisotopic (exact) mass is 361 g/mol. The van der Waals surface area contributed by atoms with Gasteiger partial charge >= 0.3 is 0 Å². The van der Waals surface area contributed by atoms with E-state index in [1.807, 2.05) is 0 Å². The lowest BCUT2D eigenvalue weighted by Crippen LogP contribution is -2.26. The van der Waals surface area contributed by atoms with Gasteiger partial charge in [-0.3, -0.25) is 9.52 Å². The maximum atomic E-state index is 12.1. The minimum atomic E-state index is -3.36. The van der Waals surface area contributed by atoms with E-state index >= 15 is 0 Å². The molecule has 0 radical (unpaired) electrons. The maximum absolute atomic E-state index is 12.1. The average molecular weight is 362 g/mol. The third-order valence-corrected chi connectivity index (χ3v) is 4.39. The molecule has 1 aliphatic rings. The molecule has 1 heterocycles. The minimum absolute atomic E-state index is 0. The summed E-state index contributed by atoms with van der Waals surface area (Å²) in [7, 11) is -3.36. The fraction of sp³-hybridized carbons (Fsp3) is 0.533. The Morgan fingerprint density at radius 1 is 1.39 bits per heavy atom. The van der Waals surface area contributed by atoms with Crippen molar-refractivity contribution in [3.8, 4) is 0 Å².